The summed E-state index contributed by atoms with van der Waals surface area (Å²) in [5.74, 6) is 0.630. The van der Waals surface area contributed by atoms with Crippen molar-refractivity contribution in [2.45, 2.75) is 0 Å². The predicted octanol–water partition coefficient (Wildman–Crippen LogP) is 4.31. The molecule has 6 heteroatoms. The number of hydrogen-bond acceptors (Lipinski definition) is 3. The maximum Gasteiger partial charge on any atom is 0.204 e. The van der Waals surface area contributed by atoms with E-state index in [1.165, 1.54) is 15.9 Å². The molecule has 0 atom stereocenters. The molecule has 4 aromatic carbocycles. The molecule has 0 spiro atoms. The summed E-state index contributed by atoms with van der Waals surface area (Å²) in [6.45, 7) is 0. The van der Waals surface area contributed by atoms with Gasteiger partial charge in [0.25, 0.3) is 0 Å². The van der Waals surface area contributed by atoms with Crippen LogP contribution >= 0.6 is 7.92 Å². The molecule has 0 aliphatic heterocycles. The van der Waals surface area contributed by atoms with Crippen LogP contribution < -0.4 is 15.9 Å². The first-order valence-electron chi connectivity index (χ1n) is 9.66. The summed E-state index contributed by atoms with van der Waals surface area (Å²) in [4.78, 5) is 0. The van der Waals surface area contributed by atoms with Crippen molar-refractivity contribution >= 4 is 23.8 Å². The molecular formula is C25H21AuN4P. The van der Waals surface area contributed by atoms with Gasteiger partial charge in [0.15, 0.2) is 0 Å². The van der Waals surface area contributed by atoms with Crippen molar-refractivity contribution in [2.75, 3.05) is 0 Å². The fraction of sp³-hybridized carbons (Fsp3) is 0. The Labute approximate surface area is 199 Å². The predicted molar refractivity (Wildman–Crippen MR) is 125 cm³/mol. The van der Waals surface area contributed by atoms with Crippen LogP contribution in [0.3, 0.4) is 0 Å². The van der Waals surface area contributed by atoms with Crippen LogP contribution in [0.5, 0.6) is 0 Å². The second-order valence-corrected chi connectivity index (χ2v) is 8.66. The zero-order valence-corrected chi connectivity index (χ0v) is 19.7. The van der Waals surface area contributed by atoms with Crippen LogP contribution in [-0.2, 0) is 22.4 Å². The minimum Gasteiger partial charge on any atom is -0.177 e. The minimum atomic E-state index is -0.446. The fourth-order valence-corrected chi connectivity index (χ4v) is 5.35. The van der Waals surface area contributed by atoms with Crippen molar-refractivity contribution in [2.24, 2.45) is 0 Å². The molecule has 0 saturated heterocycles. The molecule has 157 valence electrons. The van der Waals surface area contributed by atoms with E-state index in [0.29, 0.717) is 5.82 Å². The van der Waals surface area contributed by atoms with E-state index in [0.717, 1.165) is 5.56 Å². The third-order valence-corrected chi connectivity index (χ3v) is 6.86. The number of nitrogens with one attached hydrogen (secondary N) is 1. The third-order valence-electron chi connectivity index (χ3n) is 4.42. The standard InChI is InChI=1S/C18H15P.C7H6N4.Au/c1-4-10-16(11-5-1)19(17-12-6-2-7-13-17)18-14-8-3-9-15-18;1-2-4-6(5-3-1)7-8-10-11-9-7;/h1-15H;1-5H,(H,8,9,10,11);. The van der Waals surface area contributed by atoms with Crippen LogP contribution in [0.1, 0.15) is 0 Å². The van der Waals surface area contributed by atoms with E-state index < -0.39 is 7.92 Å². The van der Waals surface area contributed by atoms with Crippen molar-refractivity contribution in [3.05, 3.63) is 121 Å². The van der Waals surface area contributed by atoms with Crippen molar-refractivity contribution in [3.8, 4) is 11.4 Å². The molecule has 1 heterocycles. The smallest absolute Gasteiger partial charge is 0.177 e. The summed E-state index contributed by atoms with van der Waals surface area (Å²) in [6.07, 6.45) is 0. The van der Waals surface area contributed by atoms with E-state index in [-0.39, 0.29) is 22.4 Å². The first-order chi connectivity index (χ1) is 14.9. The van der Waals surface area contributed by atoms with E-state index in [1.54, 1.807) is 0 Å². The summed E-state index contributed by atoms with van der Waals surface area (Å²) in [7, 11) is -0.446. The molecule has 0 amide bonds. The zero-order chi connectivity index (χ0) is 20.4. The topological polar surface area (TPSA) is 54.5 Å². The molecule has 1 radical (unpaired) electrons. The van der Waals surface area contributed by atoms with E-state index >= 15 is 0 Å². The van der Waals surface area contributed by atoms with Gasteiger partial charge < -0.3 is 0 Å². The molecular weight excluding hydrogens is 584 g/mol. The number of aromatic nitrogens is 4. The van der Waals surface area contributed by atoms with Gasteiger partial charge in [0.2, 0.25) is 5.82 Å². The Kier molecular flexibility index (Phi) is 8.89. The Morgan fingerprint density at radius 1 is 0.516 bits per heavy atom. The van der Waals surface area contributed by atoms with Gasteiger partial charge in [-0.1, -0.05) is 121 Å². The number of rotatable bonds is 4. The maximum absolute atomic E-state index is 3.84. The average molecular weight is 605 g/mol. The van der Waals surface area contributed by atoms with E-state index in [1.807, 2.05) is 30.3 Å². The summed E-state index contributed by atoms with van der Waals surface area (Å²) in [5, 5.41) is 17.7. The number of hydrogen-bond donors (Lipinski definition) is 1. The molecule has 0 unspecified atom stereocenters. The molecule has 5 aromatic rings. The number of benzene rings is 4. The van der Waals surface area contributed by atoms with Crippen molar-refractivity contribution in [3.63, 3.8) is 0 Å². The van der Waals surface area contributed by atoms with Gasteiger partial charge in [0.1, 0.15) is 0 Å². The number of nitrogens with zero attached hydrogens (tertiary/aromatic N) is 3. The molecule has 5 rings (SSSR count). The molecule has 1 aromatic heterocycles. The summed E-state index contributed by atoms with van der Waals surface area (Å²) in [5.41, 5.74) is 0.973. The molecule has 0 fully saturated rings. The third kappa shape index (κ3) is 6.30. The summed E-state index contributed by atoms with van der Waals surface area (Å²) < 4.78 is 0. The Morgan fingerprint density at radius 3 is 1.26 bits per heavy atom. The first-order valence-corrected chi connectivity index (χ1v) is 11.0. The van der Waals surface area contributed by atoms with Crippen molar-refractivity contribution in [1.29, 1.82) is 0 Å². The van der Waals surface area contributed by atoms with E-state index in [9.17, 15) is 0 Å². The summed E-state index contributed by atoms with van der Waals surface area (Å²) >= 11 is 0. The zero-order valence-electron chi connectivity index (χ0n) is 16.6. The fourth-order valence-electron chi connectivity index (χ4n) is 3.05. The molecule has 0 aliphatic carbocycles. The Bertz CT molecular complexity index is 1030. The van der Waals surface area contributed by atoms with Crippen molar-refractivity contribution < 1.29 is 22.4 Å². The first kappa shape index (κ1) is 22.8. The largest absolute Gasteiger partial charge is 0.204 e. The van der Waals surface area contributed by atoms with E-state index in [2.05, 4.69) is 112 Å². The van der Waals surface area contributed by atoms with E-state index in [4.69, 9.17) is 0 Å². The molecule has 0 bridgehead atoms. The molecule has 1 N–H and O–H groups in total. The van der Waals surface area contributed by atoms with Crippen LogP contribution in [0, 0.1) is 0 Å². The second-order valence-electron chi connectivity index (χ2n) is 6.44. The monoisotopic (exact) mass is 605 g/mol. The van der Waals surface area contributed by atoms with Gasteiger partial charge in [-0.2, -0.15) is 5.21 Å². The van der Waals surface area contributed by atoms with Gasteiger partial charge in [-0.25, -0.2) is 0 Å². The van der Waals surface area contributed by atoms with Gasteiger partial charge in [0.05, 0.1) is 0 Å². The number of H-pyrrole nitrogens is 1. The van der Waals surface area contributed by atoms with Gasteiger partial charge in [-0.05, 0) is 29.0 Å². The quantitative estimate of drug-likeness (QED) is 0.246. The second kappa shape index (κ2) is 12.1. The Morgan fingerprint density at radius 2 is 0.903 bits per heavy atom. The molecule has 0 saturated carbocycles. The van der Waals surface area contributed by atoms with Crippen LogP contribution in [-0.4, -0.2) is 20.6 Å². The molecule has 0 aliphatic rings. The Hall–Kier alpha value is -2.88. The van der Waals surface area contributed by atoms with Crippen LogP contribution in [0.4, 0.5) is 0 Å². The summed E-state index contributed by atoms with van der Waals surface area (Å²) in [6, 6.07) is 42.0. The SMILES string of the molecule is [Au].c1ccc(-c2nn[nH]n2)cc1.c1ccc(P(c2ccccc2)c2ccccc2)cc1. The Balaban J connectivity index is 0.000000194. The van der Waals surface area contributed by atoms with Crippen molar-refractivity contribution in [1.82, 2.24) is 20.6 Å². The van der Waals surface area contributed by atoms with Crippen LogP contribution in [0.25, 0.3) is 11.4 Å². The number of aromatic amines is 1. The van der Waals surface area contributed by atoms with Gasteiger partial charge >= 0.3 is 0 Å². The van der Waals surface area contributed by atoms with Gasteiger partial charge in [-0.15, -0.1) is 10.2 Å². The van der Waals surface area contributed by atoms with Gasteiger partial charge in [0, 0.05) is 27.9 Å². The normalized spacial score (nSPS) is 9.97. The van der Waals surface area contributed by atoms with Gasteiger partial charge in [-0.3, -0.25) is 0 Å². The molecule has 31 heavy (non-hydrogen) atoms. The maximum atomic E-state index is 3.84. The van der Waals surface area contributed by atoms with Crippen LogP contribution in [0.15, 0.2) is 121 Å². The minimum absolute atomic E-state index is 0. The number of tetrazole rings is 1. The average Bonchev–Trinajstić information content (AvgIpc) is 3.38. The van der Waals surface area contributed by atoms with Crippen LogP contribution in [0.2, 0.25) is 0 Å². The molecule has 4 nitrogen and oxygen atoms in total.